The molecule has 1 aromatic carbocycles. The van der Waals surface area contributed by atoms with Crippen molar-refractivity contribution in [3.63, 3.8) is 0 Å². The van der Waals surface area contributed by atoms with Gasteiger partial charge in [-0.25, -0.2) is 4.39 Å². The van der Waals surface area contributed by atoms with E-state index in [2.05, 4.69) is 5.32 Å². The van der Waals surface area contributed by atoms with Gasteiger partial charge in [0.25, 0.3) is 5.91 Å². The Kier molecular flexibility index (Phi) is 7.75. The molecule has 1 aromatic rings. The fourth-order valence-electron chi connectivity index (χ4n) is 1.90. The molecule has 0 aliphatic carbocycles. The summed E-state index contributed by atoms with van der Waals surface area (Å²) in [6.45, 7) is 0.472. The van der Waals surface area contributed by atoms with Crippen molar-refractivity contribution in [3.8, 4) is 0 Å². The first-order chi connectivity index (χ1) is 10.0. The van der Waals surface area contributed by atoms with Crippen molar-refractivity contribution in [2.45, 2.75) is 38.5 Å². The fraction of sp³-hybridized carbons (Fsp3) is 0.467. The van der Waals surface area contributed by atoms with Crippen molar-refractivity contribution in [1.82, 2.24) is 5.32 Å². The van der Waals surface area contributed by atoms with E-state index in [1.54, 1.807) is 0 Å². The second-order valence-corrected chi connectivity index (χ2v) is 5.23. The van der Waals surface area contributed by atoms with Crippen LogP contribution in [0.4, 0.5) is 4.39 Å². The van der Waals surface area contributed by atoms with Crippen LogP contribution in [0.25, 0.3) is 0 Å². The molecule has 0 saturated heterocycles. The number of hydrogen-bond acceptors (Lipinski definition) is 2. The average molecular weight is 316 g/mol. The van der Waals surface area contributed by atoms with Crippen molar-refractivity contribution in [1.29, 1.82) is 0 Å². The summed E-state index contributed by atoms with van der Waals surface area (Å²) in [5.41, 5.74) is -0.0131. The summed E-state index contributed by atoms with van der Waals surface area (Å²) in [6.07, 6.45) is 4.37. The Hall–Kier alpha value is -1.62. The molecule has 0 saturated carbocycles. The van der Waals surface area contributed by atoms with Crippen molar-refractivity contribution in [3.05, 3.63) is 34.6 Å². The molecule has 0 heterocycles. The Labute approximate surface area is 128 Å². The predicted octanol–water partition coefficient (Wildman–Crippen LogP) is 3.63. The number of carboxylic acids is 1. The van der Waals surface area contributed by atoms with E-state index >= 15 is 0 Å². The minimum absolute atomic E-state index is 0.0131. The Morgan fingerprint density at radius 2 is 1.81 bits per heavy atom. The third-order valence-corrected chi connectivity index (χ3v) is 3.26. The quantitative estimate of drug-likeness (QED) is 0.684. The molecule has 0 bridgehead atoms. The van der Waals surface area contributed by atoms with Crippen LogP contribution in [0.2, 0.25) is 5.02 Å². The maximum atomic E-state index is 13.5. The van der Waals surface area contributed by atoms with Crippen molar-refractivity contribution < 1.29 is 19.1 Å². The Balaban J connectivity index is 2.15. The largest absolute Gasteiger partial charge is 0.481 e. The summed E-state index contributed by atoms with van der Waals surface area (Å²) in [6, 6.07) is 3.94. The Bertz CT molecular complexity index is 494. The topological polar surface area (TPSA) is 66.4 Å². The van der Waals surface area contributed by atoms with E-state index in [1.165, 1.54) is 12.1 Å². The summed E-state index contributed by atoms with van der Waals surface area (Å²) in [5.74, 6) is -1.85. The van der Waals surface area contributed by atoms with Gasteiger partial charge in [-0.1, -0.05) is 30.9 Å². The number of halogens is 2. The zero-order valence-corrected chi connectivity index (χ0v) is 12.5. The molecule has 0 fully saturated rings. The molecule has 0 atom stereocenters. The maximum Gasteiger partial charge on any atom is 0.303 e. The van der Waals surface area contributed by atoms with E-state index in [0.29, 0.717) is 13.0 Å². The highest BCUT2D eigenvalue weighted by Gasteiger charge is 2.11. The number of benzene rings is 1. The second kappa shape index (κ2) is 9.34. The minimum Gasteiger partial charge on any atom is -0.481 e. The lowest BCUT2D eigenvalue weighted by Crippen LogP contribution is -2.25. The van der Waals surface area contributed by atoms with Crippen LogP contribution in [0.5, 0.6) is 0 Å². The van der Waals surface area contributed by atoms with Gasteiger partial charge in [-0.15, -0.1) is 0 Å². The van der Waals surface area contributed by atoms with Gasteiger partial charge in [0.1, 0.15) is 5.82 Å². The molecule has 0 aliphatic heterocycles. The number of rotatable bonds is 9. The van der Waals surface area contributed by atoms with E-state index in [-0.39, 0.29) is 17.0 Å². The van der Waals surface area contributed by atoms with Crippen LogP contribution in [0, 0.1) is 5.82 Å². The van der Waals surface area contributed by atoms with Crippen LogP contribution in [-0.4, -0.2) is 23.5 Å². The zero-order chi connectivity index (χ0) is 15.7. The molecule has 21 heavy (non-hydrogen) atoms. The molecule has 0 aromatic heterocycles. The normalized spacial score (nSPS) is 10.4. The van der Waals surface area contributed by atoms with Gasteiger partial charge >= 0.3 is 5.97 Å². The second-order valence-electron chi connectivity index (χ2n) is 4.79. The number of carbonyl (C=O) groups excluding carboxylic acids is 1. The number of hydrogen-bond donors (Lipinski definition) is 2. The molecule has 2 N–H and O–H groups in total. The highest BCUT2D eigenvalue weighted by molar-refractivity contribution is 6.30. The number of amides is 1. The molecule has 116 valence electrons. The monoisotopic (exact) mass is 315 g/mol. The third kappa shape index (κ3) is 7.09. The number of carbonyl (C=O) groups is 2. The van der Waals surface area contributed by atoms with Gasteiger partial charge < -0.3 is 10.4 Å². The van der Waals surface area contributed by atoms with Gasteiger partial charge in [-0.3, -0.25) is 9.59 Å². The average Bonchev–Trinajstić information content (AvgIpc) is 2.41. The Morgan fingerprint density at radius 1 is 1.14 bits per heavy atom. The molecule has 6 heteroatoms. The number of aliphatic carboxylic acids is 1. The summed E-state index contributed by atoms with van der Waals surface area (Å²) in [7, 11) is 0. The molecule has 4 nitrogen and oxygen atoms in total. The van der Waals surface area contributed by atoms with Gasteiger partial charge in [-0.2, -0.15) is 0 Å². The summed E-state index contributed by atoms with van der Waals surface area (Å²) in [5, 5.41) is 11.4. The van der Waals surface area contributed by atoms with Crippen molar-refractivity contribution in [2.24, 2.45) is 0 Å². The summed E-state index contributed by atoms with van der Waals surface area (Å²) in [4.78, 5) is 22.0. The van der Waals surface area contributed by atoms with Crippen LogP contribution in [0.15, 0.2) is 18.2 Å². The molecule has 0 radical (unpaired) electrons. The van der Waals surface area contributed by atoms with Crippen LogP contribution in [0.1, 0.15) is 48.9 Å². The maximum absolute atomic E-state index is 13.5. The van der Waals surface area contributed by atoms with Crippen LogP contribution < -0.4 is 5.32 Å². The highest BCUT2D eigenvalue weighted by atomic mass is 35.5. The van der Waals surface area contributed by atoms with Crippen LogP contribution >= 0.6 is 11.6 Å². The first-order valence-corrected chi connectivity index (χ1v) is 7.33. The molecular weight excluding hydrogens is 297 g/mol. The minimum atomic E-state index is -0.771. The molecule has 1 amide bonds. The van der Waals surface area contributed by atoms with E-state index < -0.39 is 17.7 Å². The van der Waals surface area contributed by atoms with Gasteiger partial charge in [0.15, 0.2) is 0 Å². The first kappa shape index (κ1) is 17.4. The third-order valence-electron chi connectivity index (χ3n) is 3.03. The molecule has 0 unspecified atom stereocenters. The lowest BCUT2D eigenvalue weighted by Gasteiger charge is -2.06. The standard InChI is InChI=1S/C15H19ClFNO3/c16-11-7-8-12(13(17)10-11)15(21)18-9-5-3-1-2-4-6-14(19)20/h7-8,10H,1-6,9H2,(H,18,21)(H,19,20). The van der Waals surface area contributed by atoms with Gasteiger partial charge in [0.05, 0.1) is 5.56 Å². The van der Waals surface area contributed by atoms with E-state index in [0.717, 1.165) is 31.7 Å². The van der Waals surface area contributed by atoms with E-state index in [4.69, 9.17) is 16.7 Å². The van der Waals surface area contributed by atoms with Gasteiger partial charge in [0, 0.05) is 18.0 Å². The molecule has 0 spiro atoms. The van der Waals surface area contributed by atoms with Crippen LogP contribution in [-0.2, 0) is 4.79 Å². The van der Waals surface area contributed by atoms with Crippen LogP contribution in [0.3, 0.4) is 0 Å². The number of carboxylic acid groups (broad SMARTS) is 1. The molecule has 1 rings (SSSR count). The number of unbranched alkanes of at least 4 members (excludes halogenated alkanes) is 4. The Morgan fingerprint density at radius 3 is 2.48 bits per heavy atom. The number of nitrogens with one attached hydrogen (secondary N) is 1. The molecular formula is C15H19ClFNO3. The molecule has 0 aliphatic rings. The highest BCUT2D eigenvalue weighted by Crippen LogP contribution is 2.14. The first-order valence-electron chi connectivity index (χ1n) is 6.95. The van der Waals surface area contributed by atoms with Crippen molar-refractivity contribution >= 4 is 23.5 Å². The SMILES string of the molecule is O=C(O)CCCCCCCNC(=O)c1ccc(Cl)cc1F. The van der Waals surface area contributed by atoms with Gasteiger partial charge in [-0.05, 0) is 31.0 Å². The fourth-order valence-corrected chi connectivity index (χ4v) is 2.06. The van der Waals surface area contributed by atoms with E-state index in [1.807, 2.05) is 0 Å². The van der Waals surface area contributed by atoms with Crippen molar-refractivity contribution in [2.75, 3.05) is 6.54 Å². The van der Waals surface area contributed by atoms with E-state index in [9.17, 15) is 14.0 Å². The predicted molar refractivity (Wildman–Crippen MR) is 79.1 cm³/mol. The van der Waals surface area contributed by atoms with Gasteiger partial charge in [0.2, 0.25) is 0 Å². The lowest BCUT2D eigenvalue weighted by molar-refractivity contribution is -0.137. The smallest absolute Gasteiger partial charge is 0.303 e. The summed E-state index contributed by atoms with van der Waals surface area (Å²) >= 11 is 5.62. The lowest BCUT2D eigenvalue weighted by atomic mass is 10.1. The zero-order valence-electron chi connectivity index (χ0n) is 11.7. The summed E-state index contributed by atoms with van der Waals surface area (Å²) < 4.78 is 13.5.